The van der Waals surface area contributed by atoms with E-state index in [0.29, 0.717) is 0 Å². The molecule has 0 aromatic carbocycles. The first-order chi connectivity index (χ1) is 3.41. The van der Waals surface area contributed by atoms with Crippen LogP contribution in [0.25, 0.3) is 0 Å². The van der Waals surface area contributed by atoms with Crippen LogP contribution in [0.4, 0.5) is 0 Å². The van der Waals surface area contributed by atoms with Crippen molar-refractivity contribution in [3.63, 3.8) is 0 Å². The molecule has 0 aliphatic carbocycles. The van der Waals surface area contributed by atoms with Crippen LogP contribution in [0.15, 0.2) is 4.99 Å². The number of hydrogen-bond acceptors (Lipinski definition) is 1. The first-order valence-corrected chi connectivity index (χ1v) is 2.82. The summed E-state index contributed by atoms with van der Waals surface area (Å²) in [7, 11) is 1.82. The van der Waals surface area contributed by atoms with E-state index in [1.165, 1.54) is 12.8 Å². The van der Waals surface area contributed by atoms with Crippen molar-refractivity contribution in [3.05, 3.63) is 0 Å². The van der Waals surface area contributed by atoms with Crippen molar-refractivity contribution in [1.82, 2.24) is 0 Å². The van der Waals surface area contributed by atoms with Gasteiger partial charge in [-0.1, -0.05) is 13.3 Å². The molecule has 0 saturated carbocycles. The van der Waals surface area contributed by atoms with Crippen LogP contribution in [-0.2, 0) is 0 Å². The Balaban J connectivity index is 2.69. The van der Waals surface area contributed by atoms with Crippen molar-refractivity contribution in [2.75, 3.05) is 7.05 Å². The van der Waals surface area contributed by atoms with E-state index in [4.69, 9.17) is 0 Å². The van der Waals surface area contributed by atoms with Crippen molar-refractivity contribution < 1.29 is 0 Å². The monoisotopic (exact) mass is 102 g/mol. The van der Waals surface area contributed by atoms with Crippen LogP contribution in [-0.4, -0.2) is 13.3 Å². The van der Waals surface area contributed by atoms with Gasteiger partial charge in [-0.05, 0) is 19.1 Å². The molecule has 0 amide bonds. The molecule has 0 heterocycles. The summed E-state index contributed by atoms with van der Waals surface area (Å²) >= 11 is 0. The molecule has 0 aliphatic heterocycles. The van der Waals surface area contributed by atoms with Crippen LogP contribution in [0.2, 0.25) is 0 Å². The van der Waals surface area contributed by atoms with E-state index in [-0.39, 0.29) is 0 Å². The molecule has 1 heteroatoms. The van der Waals surface area contributed by atoms with Crippen LogP contribution < -0.4 is 0 Å². The Kier molecular flexibility index (Phi) is 5.40. The Bertz CT molecular complexity index is 48.1. The third-order valence-electron chi connectivity index (χ3n) is 0.869. The van der Waals surface area contributed by atoms with E-state index in [1.54, 1.807) is 0 Å². The molecular weight excluding hydrogens is 89.1 g/mol. The van der Waals surface area contributed by atoms with Crippen LogP contribution in [0.3, 0.4) is 0 Å². The number of unbranched alkanes of at least 4 members (excludes halogenated alkanes) is 2. The Hall–Kier alpha value is -0.330. The first kappa shape index (κ1) is 6.67. The van der Waals surface area contributed by atoms with Crippen molar-refractivity contribution >= 4 is 6.21 Å². The minimum atomic E-state index is 1.15. The Morgan fingerprint density at radius 3 is 2.71 bits per heavy atom. The summed E-state index contributed by atoms with van der Waals surface area (Å²) in [6, 6.07) is 0. The first-order valence-electron chi connectivity index (χ1n) is 2.82. The number of nitrogens with zero attached hydrogens (tertiary/aromatic N) is 1. The largest absolute Gasteiger partial charge is 0.301 e. The summed E-state index contributed by atoms with van der Waals surface area (Å²) < 4.78 is 0. The molecule has 0 bridgehead atoms. The molecule has 0 radical (unpaired) electrons. The lowest BCUT2D eigenvalue weighted by atomic mass is 10.3. The fourth-order valence-electron chi connectivity index (χ4n) is 0.425. The predicted molar refractivity (Wildman–Crippen MR) is 33.9 cm³/mol. The van der Waals surface area contributed by atoms with Gasteiger partial charge in [0.1, 0.15) is 0 Å². The molecule has 42 valence electrons. The summed E-state index contributed by atoms with van der Waals surface area (Å²) in [5.41, 5.74) is 0. The summed E-state index contributed by atoms with van der Waals surface area (Å²) in [5, 5.41) is 0. The summed E-state index contributed by atoms with van der Waals surface area (Å²) in [6.07, 6.45) is 5.65. The molecule has 1 nitrogen and oxygen atoms in total. The third kappa shape index (κ3) is 5.67. The van der Waals surface area contributed by atoms with Gasteiger partial charge in [-0.3, -0.25) is 0 Å². The fourth-order valence-corrected chi connectivity index (χ4v) is 0.425. The van der Waals surface area contributed by atoms with Crippen LogP contribution >= 0.6 is 0 Å². The second kappa shape index (κ2) is 5.67. The topological polar surface area (TPSA) is 12.4 Å². The Labute approximate surface area is 45.5 Å². The molecule has 0 saturated heterocycles. The number of rotatable bonds is 3. The maximum Gasteiger partial charge on any atom is 0.0273 e. The van der Waals surface area contributed by atoms with Gasteiger partial charge >= 0.3 is 0 Å². The molecular formula is C6H13N. The molecule has 0 rings (SSSR count). The zero-order valence-electron chi connectivity index (χ0n) is 5.15. The van der Waals surface area contributed by atoms with Gasteiger partial charge in [0.2, 0.25) is 0 Å². The number of hydrogen-bond donors (Lipinski definition) is 0. The van der Waals surface area contributed by atoms with Crippen molar-refractivity contribution in [2.24, 2.45) is 4.99 Å². The van der Waals surface area contributed by atoms with E-state index in [2.05, 4.69) is 11.9 Å². The highest BCUT2D eigenvalue weighted by molar-refractivity contribution is 5.56. The van der Waals surface area contributed by atoms with E-state index >= 15 is 0 Å². The lowest BCUT2D eigenvalue weighted by molar-refractivity contribution is 0.842. The van der Waals surface area contributed by atoms with Gasteiger partial charge in [-0.15, -0.1) is 0 Å². The molecule has 0 N–H and O–H groups in total. The Morgan fingerprint density at radius 2 is 2.29 bits per heavy atom. The fraction of sp³-hybridized carbons (Fsp3) is 0.833. The van der Waals surface area contributed by atoms with Crippen molar-refractivity contribution in [1.29, 1.82) is 0 Å². The minimum absolute atomic E-state index is 1.15. The lowest BCUT2D eigenvalue weighted by Crippen LogP contribution is -1.72. The van der Waals surface area contributed by atoms with Crippen LogP contribution in [0, 0.1) is 0 Å². The molecule has 0 aromatic rings. The third-order valence-corrected chi connectivity index (χ3v) is 0.869. The smallest absolute Gasteiger partial charge is 0.0273 e. The second-order valence-electron chi connectivity index (χ2n) is 1.58. The highest BCUT2D eigenvalue weighted by Gasteiger charge is 1.74. The summed E-state index contributed by atoms with van der Waals surface area (Å²) in [4.78, 5) is 3.85. The van der Waals surface area contributed by atoms with E-state index in [9.17, 15) is 0 Å². The van der Waals surface area contributed by atoms with E-state index in [1.807, 2.05) is 13.3 Å². The highest BCUT2D eigenvalue weighted by atomic mass is 15.5. The van der Waals surface area contributed by atoms with Gasteiger partial charge in [0.05, 0.1) is 0 Å². The van der Waals surface area contributed by atoms with Crippen molar-refractivity contribution in [3.8, 4) is 0 Å². The molecule has 0 aliphatic rings. The van der Waals surface area contributed by atoms with Gasteiger partial charge in [0.15, 0.2) is 0 Å². The van der Waals surface area contributed by atoms with Crippen LogP contribution in [0.1, 0.15) is 26.2 Å². The lowest BCUT2D eigenvalue weighted by Gasteiger charge is -1.83. The maximum absolute atomic E-state index is 3.85. The molecule has 0 unspecified atom stereocenters. The highest BCUT2D eigenvalue weighted by Crippen LogP contribution is 1.88. The minimum Gasteiger partial charge on any atom is -0.301 e. The van der Waals surface area contributed by atoms with Gasteiger partial charge < -0.3 is 4.99 Å². The molecule has 0 atom stereocenters. The molecule has 0 spiro atoms. The Morgan fingerprint density at radius 1 is 1.57 bits per heavy atom. The predicted octanol–water partition coefficient (Wildman–Crippen LogP) is 1.88. The second-order valence-corrected chi connectivity index (χ2v) is 1.58. The van der Waals surface area contributed by atoms with Gasteiger partial charge in [0.25, 0.3) is 0 Å². The van der Waals surface area contributed by atoms with Gasteiger partial charge in [-0.2, -0.15) is 0 Å². The van der Waals surface area contributed by atoms with E-state index < -0.39 is 0 Å². The maximum atomic E-state index is 3.85. The van der Waals surface area contributed by atoms with Crippen LogP contribution in [0.5, 0.6) is 0 Å². The molecule has 0 aromatic heterocycles. The van der Waals surface area contributed by atoms with Gasteiger partial charge in [0, 0.05) is 7.05 Å². The zero-order chi connectivity index (χ0) is 5.54. The van der Waals surface area contributed by atoms with Gasteiger partial charge in [-0.25, -0.2) is 0 Å². The average Bonchev–Trinajstić information content (AvgIpc) is 1.69. The van der Waals surface area contributed by atoms with Crippen molar-refractivity contribution in [2.45, 2.75) is 26.2 Å². The van der Waals surface area contributed by atoms with E-state index in [0.717, 1.165) is 6.42 Å². The average molecular weight is 102 g/mol. The zero-order valence-corrected chi connectivity index (χ0v) is 5.15. The number of aliphatic imine (C=N–C) groups is 1. The molecule has 0 fully saturated rings. The normalized spacial score (nSPS) is 10.6. The SMILES string of the molecule is [13CH3]CCC/C=[15N]\[13CH3]. The summed E-state index contributed by atoms with van der Waals surface area (Å²) in [6.45, 7) is 2.18. The molecule has 7 heavy (non-hydrogen) atoms. The summed E-state index contributed by atoms with van der Waals surface area (Å²) in [5.74, 6) is 0. The standard InChI is InChI=1S/C6H13N/c1-3-4-5-6-7-2/h6H,3-5H2,1-2H3/b7-6-/i1+1,2+1,7+1. The quantitative estimate of drug-likeness (QED) is 0.223.